The molecule has 1 fully saturated rings. The number of aliphatic imine (C=N–C) groups is 1. The molecule has 148 valence electrons. The molecule has 1 atom stereocenters. The van der Waals surface area contributed by atoms with E-state index in [2.05, 4.69) is 15.2 Å². The highest BCUT2D eigenvalue weighted by Gasteiger charge is 2.22. The summed E-state index contributed by atoms with van der Waals surface area (Å²) >= 11 is 0. The van der Waals surface area contributed by atoms with E-state index in [1.54, 1.807) is 19.2 Å². The van der Waals surface area contributed by atoms with E-state index in [1.807, 2.05) is 19.2 Å². The summed E-state index contributed by atoms with van der Waals surface area (Å²) in [6.45, 7) is 2.85. The van der Waals surface area contributed by atoms with Crippen LogP contribution in [0.4, 0.5) is 0 Å². The number of sulfonamides is 1. The van der Waals surface area contributed by atoms with Gasteiger partial charge in [0.25, 0.3) is 0 Å². The largest absolute Gasteiger partial charge is 0.381 e. The summed E-state index contributed by atoms with van der Waals surface area (Å²) in [5.41, 5.74) is 0.718. The number of hydrogen-bond donors (Lipinski definition) is 1. The van der Waals surface area contributed by atoms with Crippen molar-refractivity contribution in [2.24, 2.45) is 10.9 Å². The van der Waals surface area contributed by atoms with Crippen LogP contribution < -0.4 is 5.32 Å². The van der Waals surface area contributed by atoms with Crippen LogP contribution in [-0.4, -0.2) is 71.5 Å². The monoisotopic (exact) mass is 496 g/mol. The third-order valence-corrected chi connectivity index (χ3v) is 6.21. The molecule has 1 aliphatic rings. The molecule has 0 saturated carbocycles. The van der Waals surface area contributed by atoms with Crippen LogP contribution in [0, 0.1) is 5.92 Å². The molecule has 0 aliphatic carbocycles. The molecule has 1 saturated heterocycles. The first-order valence-corrected chi connectivity index (χ1v) is 9.80. The first-order chi connectivity index (χ1) is 11.9. The predicted molar refractivity (Wildman–Crippen MR) is 114 cm³/mol. The van der Waals surface area contributed by atoms with Crippen molar-refractivity contribution in [1.82, 2.24) is 14.5 Å². The summed E-state index contributed by atoms with van der Waals surface area (Å²) in [5, 5.41) is 3.26. The lowest BCUT2D eigenvalue weighted by Gasteiger charge is -2.25. The van der Waals surface area contributed by atoms with Gasteiger partial charge in [0, 0.05) is 53.8 Å². The van der Waals surface area contributed by atoms with Crippen LogP contribution in [0.15, 0.2) is 34.2 Å². The molecule has 0 spiro atoms. The second-order valence-electron chi connectivity index (χ2n) is 6.41. The van der Waals surface area contributed by atoms with Crippen LogP contribution in [0.2, 0.25) is 0 Å². The number of ether oxygens (including phenoxy) is 1. The lowest BCUT2D eigenvalue weighted by Crippen LogP contribution is -2.41. The Morgan fingerprint density at radius 1 is 1.31 bits per heavy atom. The standard InChI is InChI=1S/C17H28N4O3S.HI/c1-18-17(21(4)12-14-9-10-24-13-14)19-11-15-7-5-6-8-16(15)25(22,23)20(2)3;/h5-8,14H,9-13H2,1-4H3,(H,18,19);1H. The van der Waals surface area contributed by atoms with Gasteiger partial charge in [-0.1, -0.05) is 18.2 Å². The summed E-state index contributed by atoms with van der Waals surface area (Å²) in [6, 6.07) is 7.03. The van der Waals surface area contributed by atoms with Gasteiger partial charge < -0.3 is 15.0 Å². The Kier molecular flexibility index (Phi) is 9.28. The van der Waals surface area contributed by atoms with Gasteiger partial charge in [0.1, 0.15) is 0 Å². The Labute approximate surface area is 173 Å². The Morgan fingerprint density at radius 2 is 2.00 bits per heavy atom. The van der Waals surface area contributed by atoms with E-state index in [9.17, 15) is 8.42 Å². The highest BCUT2D eigenvalue weighted by molar-refractivity contribution is 14.0. The molecule has 1 aromatic rings. The maximum absolute atomic E-state index is 12.5. The molecule has 26 heavy (non-hydrogen) atoms. The number of rotatable bonds is 6. The van der Waals surface area contributed by atoms with Crippen molar-refractivity contribution in [2.45, 2.75) is 17.9 Å². The fourth-order valence-electron chi connectivity index (χ4n) is 2.86. The Balaban J connectivity index is 0.00000338. The Hall–Kier alpha value is -0.910. The molecule has 0 radical (unpaired) electrons. The number of halogens is 1. The predicted octanol–water partition coefficient (Wildman–Crippen LogP) is 1.60. The zero-order chi connectivity index (χ0) is 18.4. The van der Waals surface area contributed by atoms with Gasteiger partial charge >= 0.3 is 0 Å². The molecule has 1 aromatic carbocycles. The first-order valence-electron chi connectivity index (χ1n) is 8.36. The van der Waals surface area contributed by atoms with Crippen LogP contribution in [-0.2, 0) is 21.3 Å². The minimum Gasteiger partial charge on any atom is -0.381 e. The Bertz CT molecular complexity index is 704. The van der Waals surface area contributed by atoms with Crippen molar-refractivity contribution in [3.05, 3.63) is 29.8 Å². The molecule has 1 unspecified atom stereocenters. The average Bonchev–Trinajstić information content (AvgIpc) is 3.08. The molecule has 7 nitrogen and oxygen atoms in total. The molecule has 9 heteroatoms. The van der Waals surface area contributed by atoms with E-state index in [-0.39, 0.29) is 24.0 Å². The normalized spacial score (nSPS) is 17.9. The molecule has 0 amide bonds. The zero-order valence-corrected chi connectivity index (χ0v) is 19.0. The number of benzene rings is 1. The maximum atomic E-state index is 12.5. The van der Waals surface area contributed by atoms with Crippen molar-refractivity contribution in [2.75, 3.05) is 47.9 Å². The van der Waals surface area contributed by atoms with E-state index in [0.717, 1.165) is 37.7 Å². The van der Waals surface area contributed by atoms with E-state index >= 15 is 0 Å². The third kappa shape index (κ3) is 5.80. The highest BCUT2D eigenvalue weighted by Crippen LogP contribution is 2.18. The third-order valence-electron chi connectivity index (χ3n) is 4.30. The van der Waals surface area contributed by atoms with Crippen LogP contribution in [0.1, 0.15) is 12.0 Å². The van der Waals surface area contributed by atoms with Gasteiger partial charge in [0.2, 0.25) is 10.0 Å². The molecule has 0 bridgehead atoms. The van der Waals surface area contributed by atoms with Crippen molar-refractivity contribution in [3.63, 3.8) is 0 Å². The number of nitrogens with one attached hydrogen (secondary N) is 1. The average molecular weight is 496 g/mol. The first kappa shape index (κ1) is 23.1. The van der Waals surface area contributed by atoms with Crippen LogP contribution >= 0.6 is 24.0 Å². The van der Waals surface area contributed by atoms with Gasteiger partial charge in [0.15, 0.2) is 5.96 Å². The SMILES string of the molecule is CN=C(NCc1ccccc1S(=O)(=O)N(C)C)N(C)CC1CCOC1.I. The summed E-state index contributed by atoms with van der Waals surface area (Å²) < 4.78 is 31.6. The Morgan fingerprint density at radius 3 is 2.58 bits per heavy atom. The van der Waals surface area contributed by atoms with E-state index in [4.69, 9.17) is 4.74 Å². The molecule has 0 aromatic heterocycles. The second kappa shape index (κ2) is 10.4. The minimum absolute atomic E-state index is 0. The van der Waals surface area contributed by atoms with Crippen molar-refractivity contribution in [1.29, 1.82) is 0 Å². The van der Waals surface area contributed by atoms with E-state index < -0.39 is 10.0 Å². The van der Waals surface area contributed by atoms with Gasteiger partial charge in [-0.2, -0.15) is 0 Å². The molecule has 2 rings (SSSR count). The van der Waals surface area contributed by atoms with Gasteiger partial charge in [-0.05, 0) is 18.1 Å². The summed E-state index contributed by atoms with van der Waals surface area (Å²) in [4.78, 5) is 6.68. The van der Waals surface area contributed by atoms with Gasteiger partial charge in [-0.3, -0.25) is 4.99 Å². The summed E-state index contributed by atoms with van der Waals surface area (Å²) in [5.74, 6) is 1.24. The number of hydrogen-bond acceptors (Lipinski definition) is 4. The van der Waals surface area contributed by atoms with Crippen LogP contribution in [0.3, 0.4) is 0 Å². The zero-order valence-electron chi connectivity index (χ0n) is 15.8. The van der Waals surface area contributed by atoms with Crippen LogP contribution in [0.5, 0.6) is 0 Å². The van der Waals surface area contributed by atoms with E-state index in [0.29, 0.717) is 17.4 Å². The van der Waals surface area contributed by atoms with Crippen molar-refractivity contribution >= 4 is 40.0 Å². The van der Waals surface area contributed by atoms with Gasteiger partial charge in [-0.15, -0.1) is 24.0 Å². The second-order valence-corrected chi connectivity index (χ2v) is 8.53. The molecular weight excluding hydrogens is 467 g/mol. The lowest BCUT2D eigenvalue weighted by molar-refractivity contribution is 0.181. The number of nitrogens with zero attached hydrogens (tertiary/aromatic N) is 3. The molecule has 1 N–H and O–H groups in total. The highest BCUT2D eigenvalue weighted by atomic mass is 127. The quantitative estimate of drug-likeness (QED) is 0.368. The van der Waals surface area contributed by atoms with Gasteiger partial charge in [-0.25, -0.2) is 12.7 Å². The van der Waals surface area contributed by atoms with Gasteiger partial charge in [0.05, 0.1) is 11.5 Å². The summed E-state index contributed by atoms with van der Waals surface area (Å²) in [7, 11) is 3.31. The fraction of sp³-hybridized carbons (Fsp3) is 0.588. The molecule has 1 aliphatic heterocycles. The minimum atomic E-state index is -3.48. The lowest BCUT2D eigenvalue weighted by atomic mass is 10.1. The molecular formula is C17H29IN4O3S. The maximum Gasteiger partial charge on any atom is 0.242 e. The number of guanidine groups is 1. The topological polar surface area (TPSA) is 74.2 Å². The molecule has 1 heterocycles. The smallest absolute Gasteiger partial charge is 0.242 e. The summed E-state index contributed by atoms with van der Waals surface area (Å²) in [6.07, 6.45) is 1.06. The van der Waals surface area contributed by atoms with Crippen molar-refractivity contribution < 1.29 is 13.2 Å². The van der Waals surface area contributed by atoms with Crippen molar-refractivity contribution in [3.8, 4) is 0 Å². The fourth-order valence-corrected chi connectivity index (χ4v) is 3.97. The van der Waals surface area contributed by atoms with E-state index in [1.165, 1.54) is 18.4 Å². The van der Waals surface area contributed by atoms with Crippen LogP contribution in [0.25, 0.3) is 0 Å².